The van der Waals surface area contributed by atoms with Crippen molar-refractivity contribution in [3.05, 3.63) is 82.7 Å². The van der Waals surface area contributed by atoms with Gasteiger partial charge in [0.1, 0.15) is 0 Å². The van der Waals surface area contributed by atoms with Crippen LogP contribution in [0.3, 0.4) is 0 Å². The van der Waals surface area contributed by atoms with Crippen LogP contribution < -0.4 is 0 Å². The van der Waals surface area contributed by atoms with Gasteiger partial charge in [0.15, 0.2) is 0 Å². The fourth-order valence-corrected chi connectivity index (χ4v) is 3.14. The fraction of sp³-hybridized carbons (Fsp3) is 0.261. The summed E-state index contributed by atoms with van der Waals surface area (Å²) < 4.78 is 2.25. The first-order chi connectivity index (χ1) is 12.9. The summed E-state index contributed by atoms with van der Waals surface area (Å²) in [6, 6.07) is 15.2. The molecule has 1 nitrogen and oxygen atoms in total. The minimum absolute atomic E-state index is 0.556. The van der Waals surface area contributed by atoms with Gasteiger partial charge in [0.05, 0.1) is 0 Å². The number of aryl methyl sites for hydroxylation is 2. The Balaban J connectivity index is 0.000000200. The van der Waals surface area contributed by atoms with Crippen molar-refractivity contribution in [2.45, 2.75) is 41.0 Å². The van der Waals surface area contributed by atoms with Gasteiger partial charge in [0, 0.05) is 11.9 Å². The summed E-state index contributed by atoms with van der Waals surface area (Å²) in [7, 11) is 9.78. The van der Waals surface area contributed by atoms with Crippen molar-refractivity contribution in [2.75, 3.05) is 0 Å². The van der Waals surface area contributed by atoms with E-state index in [2.05, 4.69) is 93.9 Å². The molecule has 0 fully saturated rings. The Morgan fingerprint density at radius 1 is 1.04 bits per heavy atom. The maximum absolute atomic E-state index is 4.89. The normalized spacial score (nSPS) is 12.9. The van der Waals surface area contributed by atoms with Crippen LogP contribution in [-0.2, 0) is 17.0 Å². The number of nitrogens with zero attached hydrogens (tertiary/aromatic N) is 1. The first-order valence-corrected chi connectivity index (χ1v) is 13.2. The summed E-state index contributed by atoms with van der Waals surface area (Å²) in [6.07, 6.45) is 6.50. The molecule has 0 aliphatic heterocycles. The molecule has 1 aromatic heterocycles. The van der Waals surface area contributed by atoms with Crippen LogP contribution in [0.25, 0.3) is 16.5 Å². The van der Waals surface area contributed by atoms with Crippen LogP contribution in [0, 0.1) is 19.9 Å². The van der Waals surface area contributed by atoms with Crippen LogP contribution in [0.15, 0.2) is 65.4 Å². The molecule has 2 aromatic carbocycles. The van der Waals surface area contributed by atoms with Crippen molar-refractivity contribution < 1.29 is 17.0 Å². The predicted molar refractivity (Wildman–Crippen MR) is 115 cm³/mol. The van der Waals surface area contributed by atoms with Crippen molar-refractivity contribution in [1.29, 1.82) is 0 Å². The number of halogens is 2. The Kier molecular flexibility index (Phi) is 8.57. The van der Waals surface area contributed by atoms with Crippen LogP contribution in [0.2, 0.25) is 0 Å². The maximum atomic E-state index is 4.89. The minimum atomic E-state index is -0.556. The molecule has 1 heterocycles. The van der Waals surface area contributed by atoms with Crippen LogP contribution >= 0.6 is 18.6 Å². The summed E-state index contributed by atoms with van der Waals surface area (Å²) in [6.45, 7) is 10.7. The number of hydrogen-bond donors (Lipinski definition) is 0. The Morgan fingerprint density at radius 3 is 2.15 bits per heavy atom. The number of benzene rings is 1. The standard InChI is InChI=1S/C15H14N.C8H11.2ClH.Ti/c1-11-7-12(2)16(10-11)15-8-13-5-3-4-6-14(13)9-15;1-6-4-5-7(2)8(6)3;;;/h3-10H,1-2H3;4H2,1-3H3;2*1H;/q2*-1;;;+2/p-2. The second-order valence-electron chi connectivity index (χ2n) is 6.83. The Hall–Kier alpha value is -1.12. The van der Waals surface area contributed by atoms with E-state index in [1.807, 2.05) is 0 Å². The summed E-state index contributed by atoms with van der Waals surface area (Å²) in [5.74, 6) is 0. The zero-order chi connectivity index (χ0) is 20.0. The van der Waals surface area contributed by atoms with E-state index >= 15 is 0 Å². The molecule has 3 aromatic rings. The van der Waals surface area contributed by atoms with Crippen molar-refractivity contribution >= 4 is 29.4 Å². The monoisotopic (exact) mass is 433 g/mol. The average Bonchev–Trinajstić information content (AvgIpc) is 3.29. The first-order valence-electron chi connectivity index (χ1n) is 8.89. The van der Waals surface area contributed by atoms with E-state index in [1.165, 1.54) is 44.4 Å². The van der Waals surface area contributed by atoms with E-state index < -0.39 is 17.0 Å². The van der Waals surface area contributed by atoms with Crippen LogP contribution in [0.4, 0.5) is 0 Å². The molecule has 0 N–H and O–H groups in total. The molecule has 0 atom stereocenters. The quantitative estimate of drug-likeness (QED) is 0.272. The third-order valence-corrected chi connectivity index (χ3v) is 4.85. The van der Waals surface area contributed by atoms with Gasteiger partial charge >= 0.3 is 35.6 Å². The molecule has 1 aliphatic carbocycles. The summed E-state index contributed by atoms with van der Waals surface area (Å²) in [4.78, 5) is 0. The number of allylic oxidation sites excluding steroid dienone is 4. The van der Waals surface area contributed by atoms with E-state index in [0.717, 1.165) is 6.42 Å². The second kappa shape index (κ2) is 10.4. The van der Waals surface area contributed by atoms with Gasteiger partial charge in [-0.1, -0.05) is 19.9 Å². The summed E-state index contributed by atoms with van der Waals surface area (Å²) in [5.41, 5.74) is 8.09. The molecule has 0 bridgehead atoms. The molecule has 1 aliphatic rings. The van der Waals surface area contributed by atoms with Crippen molar-refractivity contribution in [3.8, 4) is 5.69 Å². The SMILES string of the molecule is CC1=[C-]CC(C)=C1C.Cc1cc(C)n(-c2cc3ccccc3[cH-]2)c1.[Cl][Ti][Cl]. The Morgan fingerprint density at radius 2 is 1.70 bits per heavy atom. The predicted octanol–water partition coefficient (Wildman–Crippen LogP) is 7.82. The van der Waals surface area contributed by atoms with Crippen LogP contribution in [0.5, 0.6) is 0 Å². The Labute approximate surface area is 179 Å². The third-order valence-electron chi connectivity index (χ3n) is 4.85. The third kappa shape index (κ3) is 5.93. The molecular formula is C23H25Cl2NTi-2. The van der Waals surface area contributed by atoms with Crippen molar-refractivity contribution in [2.24, 2.45) is 0 Å². The van der Waals surface area contributed by atoms with E-state index in [0.29, 0.717) is 0 Å². The molecule has 0 unspecified atom stereocenters. The molecule has 4 rings (SSSR count). The van der Waals surface area contributed by atoms with Gasteiger partial charge in [-0.15, -0.1) is 54.4 Å². The second-order valence-corrected chi connectivity index (χ2v) is 9.41. The van der Waals surface area contributed by atoms with E-state index in [4.69, 9.17) is 18.6 Å². The van der Waals surface area contributed by atoms with E-state index in [9.17, 15) is 0 Å². The zero-order valence-corrected chi connectivity index (χ0v) is 19.6. The fourth-order valence-electron chi connectivity index (χ4n) is 3.14. The molecule has 0 spiro atoms. The summed E-state index contributed by atoms with van der Waals surface area (Å²) >= 11 is -0.556. The molecule has 0 saturated carbocycles. The molecule has 0 saturated heterocycles. The average molecular weight is 434 g/mol. The van der Waals surface area contributed by atoms with Gasteiger partial charge in [0.2, 0.25) is 0 Å². The van der Waals surface area contributed by atoms with Gasteiger partial charge in [-0.3, -0.25) is 6.08 Å². The van der Waals surface area contributed by atoms with Crippen LogP contribution in [0.1, 0.15) is 38.4 Å². The van der Waals surface area contributed by atoms with E-state index in [1.54, 1.807) is 0 Å². The van der Waals surface area contributed by atoms with E-state index in [-0.39, 0.29) is 0 Å². The number of rotatable bonds is 1. The molecule has 0 amide bonds. The first kappa shape index (κ1) is 22.2. The number of hydrogen-bond acceptors (Lipinski definition) is 0. The molecule has 0 radical (unpaired) electrons. The topological polar surface area (TPSA) is 4.93 Å². The van der Waals surface area contributed by atoms with Gasteiger partial charge in [-0.05, 0) is 31.2 Å². The van der Waals surface area contributed by atoms with Gasteiger partial charge in [0.25, 0.3) is 0 Å². The zero-order valence-electron chi connectivity index (χ0n) is 16.5. The van der Waals surface area contributed by atoms with Crippen molar-refractivity contribution in [1.82, 2.24) is 4.57 Å². The molecular weight excluding hydrogens is 409 g/mol. The van der Waals surface area contributed by atoms with Crippen molar-refractivity contribution in [3.63, 3.8) is 0 Å². The van der Waals surface area contributed by atoms with Gasteiger partial charge < -0.3 is 4.57 Å². The van der Waals surface area contributed by atoms with Crippen LogP contribution in [-0.4, -0.2) is 4.57 Å². The van der Waals surface area contributed by atoms with Gasteiger partial charge in [-0.2, -0.15) is 11.1 Å². The van der Waals surface area contributed by atoms with Gasteiger partial charge in [-0.25, -0.2) is 5.57 Å². The molecule has 142 valence electrons. The Bertz CT molecular complexity index is 921. The molecule has 27 heavy (non-hydrogen) atoms. The number of aromatic nitrogens is 1. The summed E-state index contributed by atoms with van der Waals surface area (Å²) in [5, 5.41) is 2.62. The number of fused-ring (bicyclic) bond motifs is 1. The molecule has 4 heteroatoms.